The van der Waals surface area contributed by atoms with Crippen LogP contribution in [-0.4, -0.2) is 20.2 Å². The Morgan fingerprint density at radius 2 is 2.00 bits per heavy atom. The Kier molecular flexibility index (Phi) is 4.98. The molecule has 0 amide bonds. The number of methoxy groups -OCH3 is 2. The van der Waals surface area contributed by atoms with Gasteiger partial charge in [-0.15, -0.1) is 0 Å². The predicted molar refractivity (Wildman–Crippen MR) is 84.3 cm³/mol. The van der Waals surface area contributed by atoms with E-state index in [2.05, 4.69) is 0 Å². The zero-order chi connectivity index (χ0) is 15.4. The second-order valence-electron chi connectivity index (χ2n) is 4.15. The van der Waals surface area contributed by atoms with Gasteiger partial charge in [0, 0.05) is 15.5 Å². The summed E-state index contributed by atoms with van der Waals surface area (Å²) < 4.78 is 9.96. The molecule has 2 aromatic rings. The van der Waals surface area contributed by atoms with Crippen LogP contribution < -0.4 is 10.5 Å². The van der Waals surface area contributed by atoms with Gasteiger partial charge in [-0.3, -0.25) is 0 Å². The second-order valence-corrected chi connectivity index (χ2v) is 5.64. The van der Waals surface area contributed by atoms with Gasteiger partial charge in [0.15, 0.2) is 0 Å². The molecule has 0 radical (unpaired) electrons. The van der Waals surface area contributed by atoms with Crippen LogP contribution in [0.25, 0.3) is 0 Å². The van der Waals surface area contributed by atoms with E-state index in [9.17, 15) is 4.79 Å². The maximum absolute atomic E-state index is 11.9. The van der Waals surface area contributed by atoms with Gasteiger partial charge in [-0.2, -0.15) is 0 Å². The Hall–Kier alpha value is -1.85. The first-order valence-corrected chi connectivity index (χ1v) is 7.24. The van der Waals surface area contributed by atoms with Crippen molar-refractivity contribution < 1.29 is 14.3 Å². The summed E-state index contributed by atoms with van der Waals surface area (Å²) in [5.41, 5.74) is 6.49. The average molecular weight is 324 g/mol. The molecule has 6 heteroatoms. The number of hydrogen-bond donors (Lipinski definition) is 1. The Morgan fingerprint density at radius 1 is 1.24 bits per heavy atom. The summed E-state index contributed by atoms with van der Waals surface area (Å²) in [5.74, 6) is 0.251. The Bertz CT molecular complexity index is 676. The van der Waals surface area contributed by atoms with E-state index in [1.54, 1.807) is 19.2 Å². The molecule has 0 spiro atoms. The average Bonchev–Trinajstić information content (AvgIpc) is 2.49. The zero-order valence-electron chi connectivity index (χ0n) is 11.6. The topological polar surface area (TPSA) is 61.5 Å². The van der Waals surface area contributed by atoms with E-state index in [4.69, 9.17) is 26.8 Å². The number of hydrogen-bond acceptors (Lipinski definition) is 5. The Morgan fingerprint density at radius 3 is 2.67 bits per heavy atom. The molecule has 0 atom stereocenters. The smallest absolute Gasteiger partial charge is 0.339 e. The molecule has 21 heavy (non-hydrogen) atoms. The molecule has 0 unspecified atom stereocenters. The lowest BCUT2D eigenvalue weighted by Gasteiger charge is -2.11. The number of anilines is 1. The first kappa shape index (κ1) is 15.5. The van der Waals surface area contributed by atoms with E-state index in [-0.39, 0.29) is 0 Å². The van der Waals surface area contributed by atoms with Crippen molar-refractivity contribution >= 4 is 35.0 Å². The van der Waals surface area contributed by atoms with Crippen molar-refractivity contribution in [2.24, 2.45) is 0 Å². The molecule has 2 aromatic carbocycles. The molecule has 0 bridgehead atoms. The van der Waals surface area contributed by atoms with Crippen molar-refractivity contribution in [3.63, 3.8) is 0 Å². The van der Waals surface area contributed by atoms with Gasteiger partial charge in [-0.25, -0.2) is 4.79 Å². The van der Waals surface area contributed by atoms with Crippen LogP contribution in [0.5, 0.6) is 5.75 Å². The third-order valence-corrected chi connectivity index (χ3v) is 4.28. The highest BCUT2D eigenvalue weighted by molar-refractivity contribution is 7.99. The third-order valence-electron chi connectivity index (χ3n) is 2.73. The minimum absolute atomic E-state index is 0.343. The highest BCUT2D eigenvalue weighted by Crippen LogP contribution is 2.38. The van der Waals surface area contributed by atoms with Crippen molar-refractivity contribution in [3.05, 3.63) is 47.0 Å². The number of carbonyl (C=O) groups excluding carboxylic acids is 1. The van der Waals surface area contributed by atoms with Crippen LogP contribution in [-0.2, 0) is 4.74 Å². The second kappa shape index (κ2) is 6.74. The standard InChI is InChI=1S/C15H14ClNO3S/c1-19-10-4-3-5-11(8-10)21-14-12(15(18)20-2)6-9(17)7-13(14)16/h3-8H,17H2,1-2H3. The Labute approximate surface area is 132 Å². The summed E-state index contributed by atoms with van der Waals surface area (Å²) in [7, 11) is 2.92. The molecule has 4 nitrogen and oxygen atoms in total. The van der Waals surface area contributed by atoms with Crippen molar-refractivity contribution in [3.8, 4) is 5.75 Å². The number of ether oxygens (including phenoxy) is 2. The molecule has 0 aliphatic carbocycles. The number of rotatable bonds is 4. The van der Waals surface area contributed by atoms with E-state index in [1.165, 1.54) is 18.9 Å². The highest BCUT2D eigenvalue weighted by atomic mass is 35.5. The normalized spacial score (nSPS) is 10.2. The number of carbonyl (C=O) groups is 1. The van der Waals surface area contributed by atoms with Crippen LogP contribution in [0.2, 0.25) is 5.02 Å². The van der Waals surface area contributed by atoms with Crippen LogP contribution in [0.4, 0.5) is 5.69 Å². The summed E-state index contributed by atoms with van der Waals surface area (Å²) in [6, 6.07) is 10.6. The highest BCUT2D eigenvalue weighted by Gasteiger charge is 2.17. The van der Waals surface area contributed by atoms with E-state index in [1.807, 2.05) is 24.3 Å². The SMILES string of the molecule is COC(=O)c1cc(N)cc(Cl)c1Sc1cccc(OC)c1. The minimum atomic E-state index is -0.477. The predicted octanol–water partition coefficient (Wildman–Crippen LogP) is 3.87. The maximum atomic E-state index is 11.9. The number of halogens is 1. The summed E-state index contributed by atoms with van der Waals surface area (Å²) in [5, 5.41) is 0.406. The van der Waals surface area contributed by atoms with E-state index < -0.39 is 5.97 Å². The Balaban J connectivity index is 2.45. The van der Waals surface area contributed by atoms with E-state index in [0.29, 0.717) is 21.2 Å². The monoisotopic (exact) mass is 323 g/mol. The van der Waals surface area contributed by atoms with Crippen LogP contribution in [0.15, 0.2) is 46.2 Å². The number of nitrogen functional groups attached to an aromatic ring is 1. The molecule has 0 aliphatic heterocycles. The lowest BCUT2D eigenvalue weighted by Crippen LogP contribution is -2.04. The van der Waals surface area contributed by atoms with Gasteiger partial charge in [0.25, 0.3) is 0 Å². The van der Waals surface area contributed by atoms with Crippen molar-refractivity contribution in [1.82, 2.24) is 0 Å². The molecule has 2 N–H and O–H groups in total. The van der Waals surface area contributed by atoms with Gasteiger partial charge in [-0.1, -0.05) is 29.4 Å². The minimum Gasteiger partial charge on any atom is -0.497 e. The molecule has 0 saturated carbocycles. The fourth-order valence-electron chi connectivity index (χ4n) is 1.76. The lowest BCUT2D eigenvalue weighted by molar-refractivity contribution is 0.0597. The number of benzene rings is 2. The third kappa shape index (κ3) is 3.62. The quantitative estimate of drug-likeness (QED) is 0.683. The first-order valence-electron chi connectivity index (χ1n) is 6.04. The summed E-state index contributed by atoms with van der Waals surface area (Å²) in [6.45, 7) is 0. The number of nitrogens with two attached hydrogens (primary N) is 1. The molecule has 0 saturated heterocycles. The van der Waals surface area contributed by atoms with Gasteiger partial charge < -0.3 is 15.2 Å². The molecule has 0 aromatic heterocycles. The fraction of sp³-hybridized carbons (Fsp3) is 0.133. The van der Waals surface area contributed by atoms with E-state index in [0.717, 1.165) is 10.6 Å². The summed E-state index contributed by atoms with van der Waals surface area (Å²) >= 11 is 7.57. The van der Waals surface area contributed by atoms with Gasteiger partial charge in [0.2, 0.25) is 0 Å². The summed E-state index contributed by atoms with van der Waals surface area (Å²) in [4.78, 5) is 13.4. The maximum Gasteiger partial charge on any atom is 0.339 e. The van der Waals surface area contributed by atoms with Gasteiger partial charge >= 0.3 is 5.97 Å². The molecule has 0 fully saturated rings. The van der Waals surface area contributed by atoms with Crippen molar-refractivity contribution in [1.29, 1.82) is 0 Å². The summed E-state index contributed by atoms with van der Waals surface area (Å²) in [6.07, 6.45) is 0. The van der Waals surface area contributed by atoms with Crippen LogP contribution in [0.3, 0.4) is 0 Å². The van der Waals surface area contributed by atoms with Crippen molar-refractivity contribution in [2.45, 2.75) is 9.79 Å². The zero-order valence-corrected chi connectivity index (χ0v) is 13.1. The molecular formula is C15H14ClNO3S. The molecule has 0 aliphatic rings. The molecule has 110 valence electrons. The molecular weight excluding hydrogens is 310 g/mol. The molecule has 0 heterocycles. The van der Waals surface area contributed by atoms with Crippen LogP contribution >= 0.6 is 23.4 Å². The van der Waals surface area contributed by atoms with Gasteiger partial charge in [-0.05, 0) is 30.3 Å². The van der Waals surface area contributed by atoms with Gasteiger partial charge in [0.1, 0.15) is 5.75 Å². The van der Waals surface area contributed by atoms with Crippen LogP contribution in [0, 0.1) is 0 Å². The van der Waals surface area contributed by atoms with Crippen molar-refractivity contribution in [2.75, 3.05) is 20.0 Å². The van der Waals surface area contributed by atoms with E-state index >= 15 is 0 Å². The van der Waals surface area contributed by atoms with Crippen LogP contribution in [0.1, 0.15) is 10.4 Å². The lowest BCUT2D eigenvalue weighted by atomic mass is 10.2. The number of esters is 1. The fourth-order valence-corrected chi connectivity index (χ4v) is 3.07. The molecule has 2 rings (SSSR count). The first-order chi connectivity index (χ1) is 10.0. The largest absolute Gasteiger partial charge is 0.497 e. The van der Waals surface area contributed by atoms with Gasteiger partial charge in [0.05, 0.1) is 24.8 Å².